The number of carboxylic acids is 1. The lowest BCUT2D eigenvalue weighted by atomic mass is 10.0. The van der Waals surface area contributed by atoms with Crippen LogP contribution >= 0.6 is 0 Å². The standard InChI is InChI=1S/C12H14F2O3/c1-8-3-4-10(9(2)5-8)12(13,14)7-17-6-11(15)16/h3-5H,6-7H2,1-2H3,(H,15,16). The maximum absolute atomic E-state index is 13.7. The summed E-state index contributed by atoms with van der Waals surface area (Å²) in [5, 5.41) is 8.30. The predicted octanol–water partition coefficient (Wildman–Crippen LogP) is 2.50. The van der Waals surface area contributed by atoms with Gasteiger partial charge in [0, 0.05) is 5.56 Å². The van der Waals surface area contributed by atoms with E-state index in [1.165, 1.54) is 6.07 Å². The molecule has 0 atom stereocenters. The summed E-state index contributed by atoms with van der Waals surface area (Å²) in [6.07, 6.45) is 0. The van der Waals surface area contributed by atoms with E-state index in [-0.39, 0.29) is 5.56 Å². The topological polar surface area (TPSA) is 46.5 Å². The molecule has 0 fully saturated rings. The average Bonchev–Trinajstić information content (AvgIpc) is 2.15. The fourth-order valence-electron chi connectivity index (χ4n) is 1.57. The lowest BCUT2D eigenvalue weighted by molar-refractivity contribution is -0.147. The highest BCUT2D eigenvalue weighted by molar-refractivity contribution is 5.68. The lowest BCUT2D eigenvalue weighted by Crippen LogP contribution is -2.24. The monoisotopic (exact) mass is 244 g/mol. The fraction of sp³-hybridized carbons (Fsp3) is 0.417. The summed E-state index contributed by atoms with van der Waals surface area (Å²) in [5.41, 5.74) is 1.23. The van der Waals surface area contributed by atoms with E-state index in [1.807, 2.05) is 6.92 Å². The minimum absolute atomic E-state index is 0.131. The van der Waals surface area contributed by atoms with Crippen LogP contribution in [0.25, 0.3) is 0 Å². The molecule has 5 heteroatoms. The molecular formula is C12H14F2O3. The first-order chi connectivity index (χ1) is 7.83. The first-order valence-electron chi connectivity index (χ1n) is 5.08. The Morgan fingerprint density at radius 2 is 2.06 bits per heavy atom. The van der Waals surface area contributed by atoms with Crippen LogP contribution in [0.1, 0.15) is 16.7 Å². The van der Waals surface area contributed by atoms with Crippen molar-refractivity contribution >= 4 is 5.97 Å². The number of aliphatic carboxylic acids is 1. The first kappa shape index (κ1) is 13.6. The van der Waals surface area contributed by atoms with Crippen molar-refractivity contribution in [3.05, 3.63) is 34.9 Å². The zero-order valence-corrected chi connectivity index (χ0v) is 9.67. The summed E-state index contributed by atoms with van der Waals surface area (Å²) in [6, 6.07) is 4.59. The van der Waals surface area contributed by atoms with Crippen molar-refractivity contribution in [2.45, 2.75) is 19.8 Å². The van der Waals surface area contributed by atoms with E-state index in [1.54, 1.807) is 19.1 Å². The minimum Gasteiger partial charge on any atom is -0.480 e. The van der Waals surface area contributed by atoms with Crippen LogP contribution in [0.5, 0.6) is 0 Å². The number of ether oxygens (including phenoxy) is 1. The van der Waals surface area contributed by atoms with Crippen LogP contribution in [-0.2, 0) is 15.5 Å². The Morgan fingerprint density at radius 3 is 2.59 bits per heavy atom. The third-order valence-corrected chi connectivity index (χ3v) is 2.28. The fourth-order valence-corrected chi connectivity index (χ4v) is 1.57. The van der Waals surface area contributed by atoms with Crippen LogP contribution in [0.3, 0.4) is 0 Å². The highest BCUT2D eigenvalue weighted by atomic mass is 19.3. The van der Waals surface area contributed by atoms with Gasteiger partial charge in [0.2, 0.25) is 0 Å². The number of benzene rings is 1. The Hall–Kier alpha value is -1.49. The molecule has 0 aliphatic carbocycles. The van der Waals surface area contributed by atoms with Crippen molar-refractivity contribution in [1.82, 2.24) is 0 Å². The van der Waals surface area contributed by atoms with Crippen LogP contribution in [0, 0.1) is 13.8 Å². The zero-order valence-electron chi connectivity index (χ0n) is 9.67. The highest BCUT2D eigenvalue weighted by Gasteiger charge is 2.33. The lowest BCUT2D eigenvalue weighted by Gasteiger charge is -2.18. The third-order valence-electron chi connectivity index (χ3n) is 2.28. The number of alkyl halides is 2. The molecule has 1 rings (SSSR count). The number of carbonyl (C=O) groups is 1. The normalized spacial score (nSPS) is 11.5. The maximum Gasteiger partial charge on any atom is 0.329 e. The van der Waals surface area contributed by atoms with Gasteiger partial charge in [-0.05, 0) is 19.4 Å². The van der Waals surface area contributed by atoms with Crippen LogP contribution in [0.15, 0.2) is 18.2 Å². The smallest absolute Gasteiger partial charge is 0.329 e. The van der Waals surface area contributed by atoms with Crippen LogP contribution in [-0.4, -0.2) is 24.3 Å². The molecule has 1 aromatic rings. The van der Waals surface area contributed by atoms with Gasteiger partial charge in [0.1, 0.15) is 13.2 Å². The van der Waals surface area contributed by atoms with Crippen molar-refractivity contribution in [2.75, 3.05) is 13.2 Å². The molecule has 0 saturated carbocycles. The molecule has 0 amide bonds. The molecule has 0 radical (unpaired) electrons. The molecule has 1 N–H and O–H groups in total. The minimum atomic E-state index is -3.17. The second kappa shape index (κ2) is 5.23. The zero-order chi connectivity index (χ0) is 13.1. The molecule has 3 nitrogen and oxygen atoms in total. The molecule has 0 aliphatic heterocycles. The first-order valence-corrected chi connectivity index (χ1v) is 5.08. The summed E-state index contributed by atoms with van der Waals surface area (Å²) >= 11 is 0. The quantitative estimate of drug-likeness (QED) is 0.865. The molecule has 17 heavy (non-hydrogen) atoms. The van der Waals surface area contributed by atoms with Gasteiger partial charge >= 0.3 is 5.97 Å². The number of hydrogen-bond acceptors (Lipinski definition) is 2. The van der Waals surface area contributed by atoms with E-state index < -0.39 is 25.1 Å². The van der Waals surface area contributed by atoms with Gasteiger partial charge in [-0.2, -0.15) is 8.78 Å². The second-order valence-corrected chi connectivity index (χ2v) is 3.91. The maximum atomic E-state index is 13.7. The number of rotatable bonds is 5. The van der Waals surface area contributed by atoms with Crippen LogP contribution in [0.2, 0.25) is 0 Å². The van der Waals surface area contributed by atoms with E-state index in [2.05, 4.69) is 4.74 Å². The van der Waals surface area contributed by atoms with Gasteiger partial charge in [-0.15, -0.1) is 0 Å². The summed E-state index contributed by atoms with van der Waals surface area (Å²) in [7, 11) is 0. The van der Waals surface area contributed by atoms with Gasteiger partial charge in [-0.25, -0.2) is 4.79 Å². The third kappa shape index (κ3) is 3.78. The van der Waals surface area contributed by atoms with Crippen molar-refractivity contribution in [1.29, 1.82) is 0 Å². The van der Waals surface area contributed by atoms with Gasteiger partial charge in [-0.3, -0.25) is 0 Å². The predicted molar refractivity (Wildman–Crippen MR) is 58.3 cm³/mol. The molecule has 0 aromatic heterocycles. The van der Waals surface area contributed by atoms with Crippen molar-refractivity contribution < 1.29 is 23.4 Å². The SMILES string of the molecule is Cc1ccc(C(F)(F)COCC(=O)O)c(C)c1. The number of hydrogen-bond donors (Lipinski definition) is 1. The van der Waals surface area contributed by atoms with Crippen molar-refractivity contribution in [3.63, 3.8) is 0 Å². The molecule has 0 saturated heterocycles. The average molecular weight is 244 g/mol. The Labute approximate surface area is 98.0 Å². The van der Waals surface area contributed by atoms with Crippen LogP contribution < -0.4 is 0 Å². The molecular weight excluding hydrogens is 230 g/mol. The molecule has 0 heterocycles. The summed E-state index contributed by atoms with van der Waals surface area (Å²) < 4.78 is 31.8. The second-order valence-electron chi connectivity index (χ2n) is 3.91. The van der Waals surface area contributed by atoms with E-state index in [9.17, 15) is 13.6 Å². The number of halogens is 2. The summed E-state index contributed by atoms with van der Waals surface area (Å²) in [5.74, 6) is -4.44. The Morgan fingerprint density at radius 1 is 1.41 bits per heavy atom. The van der Waals surface area contributed by atoms with Gasteiger partial charge < -0.3 is 9.84 Å². The van der Waals surface area contributed by atoms with Crippen molar-refractivity contribution in [2.24, 2.45) is 0 Å². The van der Waals surface area contributed by atoms with Crippen molar-refractivity contribution in [3.8, 4) is 0 Å². The van der Waals surface area contributed by atoms with E-state index >= 15 is 0 Å². The molecule has 0 aliphatic rings. The molecule has 0 unspecified atom stereocenters. The number of carboxylic acid groups (broad SMARTS) is 1. The van der Waals surface area contributed by atoms with Gasteiger partial charge in [-0.1, -0.05) is 23.8 Å². The van der Waals surface area contributed by atoms with E-state index in [0.29, 0.717) is 5.56 Å². The summed E-state index contributed by atoms with van der Waals surface area (Å²) in [6.45, 7) is 1.76. The Kier molecular flexibility index (Phi) is 4.17. The molecule has 1 aromatic carbocycles. The van der Waals surface area contributed by atoms with Crippen LogP contribution in [0.4, 0.5) is 8.78 Å². The Bertz CT molecular complexity index is 416. The molecule has 0 spiro atoms. The highest BCUT2D eigenvalue weighted by Crippen LogP contribution is 2.31. The van der Waals surface area contributed by atoms with Gasteiger partial charge in [0.05, 0.1) is 0 Å². The molecule has 94 valence electrons. The molecule has 0 bridgehead atoms. The van der Waals surface area contributed by atoms with Gasteiger partial charge in [0.25, 0.3) is 5.92 Å². The summed E-state index contributed by atoms with van der Waals surface area (Å²) in [4.78, 5) is 10.2. The van der Waals surface area contributed by atoms with Gasteiger partial charge in [0.15, 0.2) is 0 Å². The van der Waals surface area contributed by atoms with E-state index in [0.717, 1.165) is 5.56 Å². The Balaban J connectivity index is 2.78. The van der Waals surface area contributed by atoms with E-state index in [4.69, 9.17) is 5.11 Å². The number of aryl methyl sites for hydroxylation is 2. The largest absolute Gasteiger partial charge is 0.480 e.